The summed E-state index contributed by atoms with van der Waals surface area (Å²) < 4.78 is 0. The number of nitrogen functional groups attached to an aromatic ring is 1. The van der Waals surface area contributed by atoms with E-state index >= 15 is 0 Å². The van der Waals surface area contributed by atoms with Gasteiger partial charge in [-0.2, -0.15) is 0 Å². The van der Waals surface area contributed by atoms with Gasteiger partial charge in [-0.3, -0.25) is 0 Å². The van der Waals surface area contributed by atoms with Gasteiger partial charge < -0.3 is 11.1 Å². The molecule has 0 radical (unpaired) electrons. The molecule has 0 aromatic carbocycles. The third-order valence-corrected chi connectivity index (χ3v) is 3.24. The molecule has 1 unspecified atom stereocenters. The lowest BCUT2D eigenvalue weighted by molar-refractivity contribution is 0.792. The van der Waals surface area contributed by atoms with Gasteiger partial charge >= 0.3 is 0 Å². The predicted molar refractivity (Wildman–Crippen MR) is 72.3 cm³/mol. The molecule has 1 atom stereocenters. The first-order valence-electron chi connectivity index (χ1n) is 5.53. The number of nitrogens with one attached hydrogen (secondary N) is 1. The minimum absolute atomic E-state index is 0.322. The van der Waals surface area contributed by atoms with Crippen molar-refractivity contribution in [1.29, 1.82) is 0 Å². The monoisotopic (exact) mass is 248 g/mol. The number of nitrogens with zero attached hydrogens (tertiary/aromatic N) is 2. The van der Waals surface area contributed by atoms with E-state index in [0.717, 1.165) is 12.2 Å². The van der Waals surface area contributed by atoms with Gasteiger partial charge in [0.15, 0.2) is 0 Å². The van der Waals surface area contributed by atoms with Gasteiger partial charge in [-0.15, -0.1) is 11.3 Å². The molecule has 0 amide bonds. The summed E-state index contributed by atoms with van der Waals surface area (Å²) in [5, 5.41) is 5.43. The summed E-state index contributed by atoms with van der Waals surface area (Å²) in [5.74, 6) is 1.98. The maximum absolute atomic E-state index is 5.68. The molecule has 0 aliphatic heterocycles. The van der Waals surface area contributed by atoms with Crippen LogP contribution in [-0.4, -0.2) is 16.0 Å². The highest BCUT2D eigenvalue weighted by Crippen LogP contribution is 2.14. The van der Waals surface area contributed by atoms with Gasteiger partial charge in [-0.25, -0.2) is 9.97 Å². The molecule has 0 spiro atoms. The number of anilines is 2. The maximum atomic E-state index is 5.68. The van der Waals surface area contributed by atoms with E-state index in [2.05, 4.69) is 39.7 Å². The van der Waals surface area contributed by atoms with Crippen molar-refractivity contribution in [3.8, 4) is 0 Å². The average Bonchev–Trinajstić information content (AvgIpc) is 2.67. The predicted octanol–water partition coefficient (Wildman–Crippen LogP) is 2.47. The van der Waals surface area contributed by atoms with Crippen molar-refractivity contribution in [2.45, 2.75) is 26.3 Å². The minimum atomic E-state index is 0.322. The van der Waals surface area contributed by atoms with Gasteiger partial charge in [0.1, 0.15) is 17.5 Å². The molecule has 90 valence electrons. The summed E-state index contributed by atoms with van der Waals surface area (Å²) in [4.78, 5) is 9.72. The normalized spacial score (nSPS) is 12.4. The van der Waals surface area contributed by atoms with Crippen LogP contribution >= 0.6 is 11.3 Å². The van der Waals surface area contributed by atoms with E-state index in [1.165, 1.54) is 4.88 Å². The molecule has 0 fully saturated rings. The largest absolute Gasteiger partial charge is 0.384 e. The van der Waals surface area contributed by atoms with Crippen LogP contribution in [0.25, 0.3) is 0 Å². The lowest BCUT2D eigenvalue weighted by Crippen LogP contribution is -2.19. The smallest absolute Gasteiger partial charge is 0.132 e. The van der Waals surface area contributed by atoms with Gasteiger partial charge in [0, 0.05) is 23.4 Å². The Morgan fingerprint density at radius 2 is 2.29 bits per heavy atom. The third kappa shape index (κ3) is 3.42. The molecule has 0 bridgehead atoms. The maximum Gasteiger partial charge on any atom is 0.132 e. The second kappa shape index (κ2) is 5.14. The van der Waals surface area contributed by atoms with Crippen molar-refractivity contribution in [1.82, 2.24) is 9.97 Å². The van der Waals surface area contributed by atoms with Crippen LogP contribution < -0.4 is 11.1 Å². The number of nitrogens with two attached hydrogens (primary N) is 1. The molecule has 2 aromatic rings. The highest BCUT2D eigenvalue weighted by Gasteiger charge is 2.06. The summed E-state index contributed by atoms with van der Waals surface area (Å²) in [6, 6.07) is 6.29. The van der Waals surface area contributed by atoms with Crippen LogP contribution in [0.2, 0.25) is 0 Å². The van der Waals surface area contributed by atoms with Gasteiger partial charge in [-0.05, 0) is 25.3 Å². The number of thiophene rings is 1. The van der Waals surface area contributed by atoms with Crippen molar-refractivity contribution in [2.75, 3.05) is 11.1 Å². The summed E-state index contributed by atoms with van der Waals surface area (Å²) in [6.45, 7) is 3.97. The molecule has 0 saturated carbocycles. The summed E-state index contributed by atoms with van der Waals surface area (Å²) in [7, 11) is 0. The fourth-order valence-corrected chi connectivity index (χ4v) is 2.53. The van der Waals surface area contributed by atoms with Gasteiger partial charge in [0.2, 0.25) is 0 Å². The van der Waals surface area contributed by atoms with Crippen LogP contribution in [0.1, 0.15) is 17.6 Å². The Hall–Kier alpha value is -1.62. The fraction of sp³-hybridized carbons (Fsp3) is 0.333. The quantitative estimate of drug-likeness (QED) is 0.872. The molecule has 2 aromatic heterocycles. The topological polar surface area (TPSA) is 63.8 Å². The number of aromatic nitrogens is 2. The highest BCUT2D eigenvalue weighted by atomic mass is 32.1. The van der Waals surface area contributed by atoms with E-state index in [4.69, 9.17) is 5.73 Å². The minimum Gasteiger partial charge on any atom is -0.384 e. The number of hydrogen-bond donors (Lipinski definition) is 2. The molecular weight excluding hydrogens is 232 g/mol. The first-order valence-corrected chi connectivity index (χ1v) is 6.41. The SMILES string of the molecule is Cc1nc(N)cc(NC(C)Cc2cccs2)n1. The van der Waals surface area contributed by atoms with Crippen LogP contribution in [0.15, 0.2) is 23.6 Å². The molecule has 4 nitrogen and oxygen atoms in total. The Morgan fingerprint density at radius 3 is 2.94 bits per heavy atom. The zero-order valence-corrected chi connectivity index (χ0v) is 10.8. The van der Waals surface area contributed by atoms with Crippen LogP contribution in [0.3, 0.4) is 0 Å². The molecular formula is C12H16N4S. The van der Waals surface area contributed by atoms with Crippen LogP contribution in [0, 0.1) is 6.92 Å². The number of aryl methyl sites for hydroxylation is 1. The van der Waals surface area contributed by atoms with Crippen molar-refractivity contribution in [3.63, 3.8) is 0 Å². The molecule has 0 saturated heterocycles. The molecule has 3 N–H and O–H groups in total. The van der Waals surface area contributed by atoms with Crippen molar-refractivity contribution in [3.05, 3.63) is 34.3 Å². The second-order valence-corrected chi connectivity index (χ2v) is 5.09. The lowest BCUT2D eigenvalue weighted by atomic mass is 10.2. The summed E-state index contributed by atoms with van der Waals surface area (Å²) in [6.07, 6.45) is 0.987. The first-order chi connectivity index (χ1) is 8.13. The Labute approximate surface area is 105 Å². The molecule has 2 heterocycles. The zero-order valence-electron chi connectivity index (χ0n) is 9.97. The first kappa shape index (κ1) is 11.9. The van der Waals surface area contributed by atoms with Crippen molar-refractivity contribution < 1.29 is 0 Å². The average molecular weight is 248 g/mol. The highest BCUT2D eigenvalue weighted by molar-refractivity contribution is 7.09. The Balaban J connectivity index is 2.00. The van der Waals surface area contributed by atoms with Gasteiger partial charge in [0.25, 0.3) is 0 Å². The molecule has 5 heteroatoms. The van der Waals surface area contributed by atoms with E-state index in [0.29, 0.717) is 17.7 Å². The molecule has 2 rings (SSSR count). The lowest BCUT2D eigenvalue weighted by Gasteiger charge is -2.14. The van der Waals surface area contributed by atoms with Crippen molar-refractivity contribution >= 4 is 23.0 Å². The molecule has 0 aliphatic carbocycles. The van der Waals surface area contributed by atoms with Crippen LogP contribution in [0.4, 0.5) is 11.6 Å². The zero-order chi connectivity index (χ0) is 12.3. The Kier molecular flexibility index (Phi) is 3.58. The Morgan fingerprint density at radius 1 is 1.47 bits per heavy atom. The summed E-state index contributed by atoms with van der Waals surface area (Å²) >= 11 is 1.77. The van der Waals surface area contributed by atoms with E-state index < -0.39 is 0 Å². The Bertz CT molecular complexity index is 461. The third-order valence-electron chi connectivity index (χ3n) is 2.34. The van der Waals surface area contributed by atoms with E-state index in [9.17, 15) is 0 Å². The van der Waals surface area contributed by atoms with Gasteiger partial charge in [0.05, 0.1) is 0 Å². The fourth-order valence-electron chi connectivity index (χ4n) is 1.70. The van der Waals surface area contributed by atoms with Crippen molar-refractivity contribution in [2.24, 2.45) is 0 Å². The van der Waals surface area contributed by atoms with Gasteiger partial charge in [-0.1, -0.05) is 6.07 Å². The number of rotatable bonds is 4. The second-order valence-electron chi connectivity index (χ2n) is 4.05. The standard InChI is InChI=1S/C12H16N4S/c1-8(6-10-4-3-5-17-10)14-12-7-11(13)15-9(2)16-12/h3-5,7-8H,6H2,1-2H3,(H3,13,14,15,16). The number of hydrogen-bond acceptors (Lipinski definition) is 5. The molecule has 0 aliphatic rings. The summed E-state index contributed by atoms with van der Waals surface area (Å²) in [5.41, 5.74) is 5.68. The van der Waals surface area contributed by atoms with Crippen LogP contribution in [0.5, 0.6) is 0 Å². The van der Waals surface area contributed by atoms with E-state index in [1.807, 2.05) is 6.92 Å². The van der Waals surface area contributed by atoms with Crippen LogP contribution in [-0.2, 0) is 6.42 Å². The van der Waals surface area contributed by atoms with E-state index in [-0.39, 0.29) is 0 Å². The van der Waals surface area contributed by atoms with E-state index in [1.54, 1.807) is 17.4 Å². The molecule has 17 heavy (non-hydrogen) atoms.